The monoisotopic (exact) mass is 410 g/mol. The Morgan fingerprint density at radius 1 is 1.22 bits per heavy atom. The van der Waals surface area contributed by atoms with E-state index in [-0.39, 0.29) is 21.5 Å². The number of hydrogen-bond acceptors (Lipinski definition) is 3. The number of benzene rings is 2. The van der Waals surface area contributed by atoms with E-state index in [0.717, 1.165) is 18.5 Å². The van der Waals surface area contributed by atoms with Crippen molar-refractivity contribution in [1.29, 1.82) is 0 Å². The van der Waals surface area contributed by atoms with Crippen LogP contribution >= 0.6 is 23.4 Å². The molecular weight excluding hydrogens is 394 g/mol. The van der Waals surface area contributed by atoms with E-state index < -0.39 is 11.7 Å². The smallest absolute Gasteiger partial charge is 0.289 e. The molecule has 27 heavy (non-hydrogen) atoms. The van der Waals surface area contributed by atoms with Gasteiger partial charge in [-0.05, 0) is 36.2 Å². The Morgan fingerprint density at radius 3 is 2.59 bits per heavy atom. The third-order valence-corrected chi connectivity index (χ3v) is 5.46. The lowest BCUT2D eigenvalue weighted by molar-refractivity contribution is -0.128. The number of amides is 2. The van der Waals surface area contributed by atoms with Gasteiger partial charge in [-0.3, -0.25) is 9.59 Å². The molecule has 0 radical (unpaired) electrons. The Morgan fingerprint density at radius 2 is 1.96 bits per heavy atom. The van der Waals surface area contributed by atoms with Crippen molar-refractivity contribution < 1.29 is 18.4 Å². The SMILES string of the molecule is O=C(Nc1cccc(Cl)c1SC(F)F)c1ccc(CN2CCCC2=O)cc1. The van der Waals surface area contributed by atoms with Crippen molar-refractivity contribution in [2.45, 2.75) is 30.0 Å². The van der Waals surface area contributed by atoms with E-state index in [1.807, 2.05) is 0 Å². The Kier molecular flexibility index (Phi) is 6.34. The van der Waals surface area contributed by atoms with Crippen LogP contribution < -0.4 is 5.32 Å². The summed E-state index contributed by atoms with van der Waals surface area (Å²) in [6.45, 7) is 1.27. The number of alkyl halides is 2. The molecule has 142 valence electrons. The first-order valence-electron chi connectivity index (χ1n) is 8.35. The molecule has 1 fully saturated rings. The van der Waals surface area contributed by atoms with Gasteiger partial charge in [0, 0.05) is 25.1 Å². The lowest BCUT2D eigenvalue weighted by Crippen LogP contribution is -2.23. The zero-order valence-corrected chi connectivity index (χ0v) is 15.8. The van der Waals surface area contributed by atoms with Crippen LogP contribution in [-0.4, -0.2) is 29.0 Å². The van der Waals surface area contributed by atoms with E-state index in [1.54, 1.807) is 35.2 Å². The number of rotatable bonds is 6. The lowest BCUT2D eigenvalue weighted by Gasteiger charge is -2.16. The summed E-state index contributed by atoms with van der Waals surface area (Å²) in [5.74, 6) is -2.92. The van der Waals surface area contributed by atoms with Gasteiger partial charge in [-0.15, -0.1) is 0 Å². The molecule has 0 aliphatic carbocycles. The number of thioether (sulfide) groups is 1. The van der Waals surface area contributed by atoms with Gasteiger partial charge in [0.1, 0.15) is 0 Å². The molecule has 0 spiro atoms. The first kappa shape index (κ1) is 19.6. The van der Waals surface area contributed by atoms with Gasteiger partial charge in [0.25, 0.3) is 11.7 Å². The molecule has 1 heterocycles. The molecule has 1 aliphatic rings. The van der Waals surface area contributed by atoms with E-state index in [0.29, 0.717) is 30.3 Å². The van der Waals surface area contributed by atoms with Gasteiger partial charge >= 0.3 is 0 Å². The maximum atomic E-state index is 12.7. The Bertz CT molecular complexity index is 846. The van der Waals surface area contributed by atoms with Crippen LogP contribution in [0.5, 0.6) is 0 Å². The molecule has 1 aliphatic heterocycles. The maximum absolute atomic E-state index is 12.7. The van der Waals surface area contributed by atoms with Crippen molar-refractivity contribution in [2.75, 3.05) is 11.9 Å². The molecule has 0 atom stereocenters. The molecule has 2 amide bonds. The number of anilines is 1. The number of nitrogens with zero attached hydrogens (tertiary/aromatic N) is 1. The van der Waals surface area contributed by atoms with E-state index >= 15 is 0 Å². The average Bonchev–Trinajstić information content (AvgIpc) is 3.03. The quantitative estimate of drug-likeness (QED) is 0.679. The number of carbonyl (C=O) groups excluding carboxylic acids is 2. The van der Waals surface area contributed by atoms with Crippen LogP contribution in [0.3, 0.4) is 0 Å². The van der Waals surface area contributed by atoms with Gasteiger partial charge in [-0.25, -0.2) is 0 Å². The molecule has 0 unspecified atom stereocenters. The molecule has 2 aromatic rings. The number of carbonyl (C=O) groups is 2. The van der Waals surface area contributed by atoms with E-state index in [4.69, 9.17) is 11.6 Å². The number of nitrogens with one attached hydrogen (secondary N) is 1. The highest BCUT2D eigenvalue weighted by molar-refractivity contribution is 7.99. The number of hydrogen-bond donors (Lipinski definition) is 1. The van der Waals surface area contributed by atoms with Crippen LogP contribution in [0.2, 0.25) is 5.02 Å². The standard InChI is InChI=1S/C19H17ClF2N2O2S/c20-14-3-1-4-15(17(14)27-19(21)22)23-18(26)13-8-6-12(7-9-13)11-24-10-2-5-16(24)25/h1,3-4,6-9,19H,2,5,10-11H2,(H,23,26). The van der Waals surface area contributed by atoms with Crippen LogP contribution in [-0.2, 0) is 11.3 Å². The average molecular weight is 411 g/mol. The van der Waals surface area contributed by atoms with Gasteiger partial charge in [0.2, 0.25) is 5.91 Å². The first-order valence-corrected chi connectivity index (χ1v) is 9.61. The number of likely N-dealkylation sites (tertiary alicyclic amines) is 1. The summed E-state index contributed by atoms with van der Waals surface area (Å²) in [6.07, 6.45) is 1.46. The highest BCUT2D eigenvalue weighted by atomic mass is 35.5. The summed E-state index contributed by atoms with van der Waals surface area (Å²) in [5.41, 5.74) is 1.56. The van der Waals surface area contributed by atoms with Crippen LogP contribution in [0.4, 0.5) is 14.5 Å². The topological polar surface area (TPSA) is 49.4 Å². The maximum Gasteiger partial charge on any atom is 0.289 e. The number of halogens is 3. The van der Waals surface area contributed by atoms with Crippen LogP contribution in [0.25, 0.3) is 0 Å². The highest BCUT2D eigenvalue weighted by Gasteiger charge is 2.20. The second kappa shape index (κ2) is 8.71. The zero-order valence-electron chi connectivity index (χ0n) is 14.3. The van der Waals surface area contributed by atoms with E-state index in [2.05, 4.69) is 5.32 Å². The molecule has 1 N–H and O–H groups in total. The summed E-state index contributed by atoms with van der Waals surface area (Å²) in [4.78, 5) is 26.1. The van der Waals surface area contributed by atoms with Gasteiger partial charge in [0.05, 0.1) is 15.6 Å². The summed E-state index contributed by atoms with van der Waals surface area (Å²) >= 11 is 6.27. The minimum atomic E-state index is -2.65. The minimum Gasteiger partial charge on any atom is -0.338 e. The molecule has 4 nitrogen and oxygen atoms in total. The van der Waals surface area contributed by atoms with Crippen molar-refractivity contribution >= 4 is 40.9 Å². The zero-order chi connectivity index (χ0) is 19.4. The summed E-state index contributed by atoms with van der Waals surface area (Å²) in [6, 6.07) is 11.5. The molecule has 0 bridgehead atoms. The molecule has 8 heteroatoms. The molecule has 0 aromatic heterocycles. The summed E-state index contributed by atoms with van der Waals surface area (Å²) in [5, 5.41) is 2.79. The predicted octanol–water partition coefficient (Wildman–Crippen LogP) is 5.03. The third kappa shape index (κ3) is 4.99. The van der Waals surface area contributed by atoms with Crippen molar-refractivity contribution in [3.8, 4) is 0 Å². The van der Waals surface area contributed by atoms with Crippen LogP contribution in [0, 0.1) is 0 Å². The molecule has 3 rings (SSSR count). The van der Waals surface area contributed by atoms with E-state index in [1.165, 1.54) is 12.1 Å². The Labute approximate surface area is 164 Å². The molecule has 0 saturated carbocycles. The van der Waals surface area contributed by atoms with Gasteiger partial charge in [-0.2, -0.15) is 8.78 Å². The van der Waals surface area contributed by atoms with Crippen LogP contribution in [0.1, 0.15) is 28.8 Å². The fourth-order valence-corrected chi connectivity index (χ4v) is 3.78. The first-order chi connectivity index (χ1) is 12.9. The van der Waals surface area contributed by atoms with Gasteiger partial charge in [0.15, 0.2) is 0 Å². The normalized spacial score (nSPS) is 14.1. The van der Waals surface area contributed by atoms with Crippen molar-refractivity contribution in [3.63, 3.8) is 0 Å². The third-order valence-electron chi connectivity index (χ3n) is 4.18. The Hall–Kier alpha value is -2.12. The largest absolute Gasteiger partial charge is 0.338 e. The summed E-state index contributed by atoms with van der Waals surface area (Å²) < 4.78 is 25.5. The van der Waals surface area contributed by atoms with Crippen molar-refractivity contribution in [2.24, 2.45) is 0 Å². The fraction of sp³-hybridized carbons (Fsp3) is 0.263. The molecule has 1 saturated heterocycles. The molecular formula is C19H17ClF2N2O2S. The highest BCUT2D eigenvalue weighted by Crippen LogP contribution is 2.37. The second-order valence-corrected chi connectivity index (χ2v) is 7.47. The fourth-order valence-electron chi connectivity index (χ4n) is 2.86. The predicted molar refractivity (Wildman–Crippen MR) is 102 cm³/mol. The lowest BCUT2D eigenvalue weighted by atomic mass is 10.1. The van der Waals surface area contributed by atoms with Crippen molar-refractivity contribution in [1.82, 2.24) is 4.90 Å². The van der Waals surface area contributed by atoms with Crippen molar-refractivity contribution in [3.05, 3.63) is 58.6 Å². The van der Waals surface area contributed by atoms with E-state index in [9.17, 15) is 18.4 Å². The molecule has 2 aromatic carbocycles. The Balaban J connectivity index is 1.70. The second-order valence-electron chi connectivity index (χ2n) is 6.06. The summed E-state index contributed by atoms with van der Waals surface area (Å²) in [7, 11) is 0. The minimum absolute atomic E-state index is 0.131. The van der Waals surface area contributed by atoms with Crippen LogP contribution in [0.15, 0.2) is 47.4 Å². The van der Waals surface area contributed by atoms with Gasteiger partial charge < -0.3 is 10.2 Å². The van der Waals surface area contributed by atoms with Gasteiger partial charge in [-0.1, -0.05) is 41.6 Å².